The van der Waals surface area contributed by atoms with E-state index in [1.54, 1.807) is 0 Å². The third-order valence-corrected chi connectivity index (χ3v) is 4.92. The Labute approximate surface area is 123 Å². The van der Waals surface area contributed by atoms with Gasteiger partial charge in [-0.15, -0.1) is 0 Å². The first-order chi connectivity index (χ1) is 9.19. The van der Waals surface area contributed by atoms with Crippen molar-refractivity contribution in [2.45, 2.75) is 78.9 Å². The third kappa shape index (κ3) is 2.84. The molecule has 1 heterocycles. The molecule has 0 radical (unpaired) electrons. The van der Waals surface area contributed by atoms with Crippen LogP contribution in [0.25, 0.3) is 0 Å². The van der Waals surface area contributed by atoms with Crippen molar-refractivity contribution in [2.75, 3.05) is 0 Å². The van der Waals surface area contributed by atoms with Crippen LogP contribution in [0, 0.1) is 11.8 Å². The summed E-state index contributed by atoms with van der Waals surface area (Å²) >= 11 is 0. The summed E-state index contributed by atoms with van der Waals surface area (Å²) in [5.74, 6) is 0.546. The average Bonchev–Trinajstić information content (AvgIpc) is 2.40. The number of nitrogens with one attached hydrogen (secondary N) is 1. The number of rotatable bonds is 5. The van der Waals surface area contributed by atoms with Crippen LogP contribution in [-0.2, 0) is 9.59 Å². The summed E-state index contributed by atoms with van der Waals surface area (Å²) in [4.78, 5) is 27.2. The van der Waals surface area contributed by atoms with E-state index in [1.807, 2.05) is 32.6 Å². The van der Waals surface area contributed by atoms with Gasteiger partial charge in [0.2, 0.25) is 11.8 Å². The van der Waals surface area contributed by atoms with E-state index in [1.165, 1.54) is 0 Å². The molecule has 116 valence electrons. The van der Waals surface area contributed by atoms with Crippen molar-refractivity contribution in [3.8, 4) is 0 Å². The first-order valence-electron chi connectivity index (χ1n) is 7.84. The van der Waals surface area contributed by atoms with E-state index in [9.17, 15) is 9.59 Å². The van der Waals surface area contributed by atoms with Gasteiger partial charge in [-0.3, -0.25) is 9.59 Å². The van der Waals surface area contributed by atoms with Gasteiger partial charge in [-0.05, 0) is 32.1 Å². The van der Waals surface area contributed by atoms with Gasteiger partial charge >= 0.3 is 0 Å². The zero-order valence-electron chi connectivity index (χ0n) is 14.0. The van der Waals surface area contributed by atoms with Crippen molar-refractivity contribution in [3.05, 3.63) is 0 Å². The van der Waals surface area contributed by atoms with E-state index >= 15 is 0 Å². The van der Waals surface area contributed by atoms with Crippen molar-refractivity contribution in [2.24, 2.45) is 11.8 Å². The summed E-state index contributed by atoms with van der Waals surface area (Å²) in [7, 11) is 0. The Hall–Kier alpha value is -1.06. The Bertz CT molecular complexity index is 381. The molecule has 1 saturated heterocycles. The van der Waals surface area contributed by atoms with Crippen LogP contribution in [0.2, 0.25) is 0 Å². The van der Waals surface area contributed by atoms with Gasteiger partial charge < -0.3 is 10.2 Å². The van der Waals surface area contributed by atoms with Gasteiger partial charge in [0.15, 0.2) is 0 Å². The highest BCUT2D eigenvalue weighted by molar-refractivity contribution is 5.99. The van der Waals surface area contributed by atoms with Crippen molar-refractivity contribution in [3.63, 3.8) is 0 Å². The second kappa shape index (κ2) is 6.15. The molecule has 1 fully saturated rings. The van der Waals surface area contributed by atoms with E-state index in [0.717, 1.165) is 6.42 Å². The zero-order chi connectivity index (χ0) is 15.7. The predicted octanol–water partition coefficient (Wildman–Crippen LogP) is 2.57. The van der Waals surface area contributed by atoms with Crippen LogP contribution in [0.5, 0.6) is 0 Å². The van der Waals surface area contributed by atoms with Gasteiger partial charge in [0.25, 0.3) is 0 Å². The zero-order valence-corrected chi connectivity index (χ0v) is 14.0. The maximum absolute atomic E-state index is 12.9. The minimum absolute atomic E-state index is 0.0147. The lowest BCUT2D eigenvalue weighted by Gasteiger charge is -2.49. The molecule has 0 aliphatic carbocycles. The van der Waals surface area contributed by atoms with Gasteiger partial charge in [0.05, 0.1) is 0 Å². The second-order valence-corrected chi connectivity index (χ2v) is 6.70. The lowest BCUT2D eigenvalue weighted by atomic mass is 9.85. The lowest BCUT2D eigenvalue weighted by Crippen LogP contribution is -2.72. The number of piperazine rings is 1. The fourth-order valence-electron chi connectivity index (χ4n) is 2.85. The van der Waals surface area contributed by atoms with Gasteiger partial charge in [0.1, 0.15) is 11.6 Å². The molecule has 0 aromatic carbocycles. The number of hydrogen-bond acceptors (Lipinski definition) is 2. The number of carbonyl (C=O) groups excluding carboxylic acids is 2. The summed E-state index contributed by atoms with van der Waals surface area (Å²) in [6.07, 6.45) is 1.62. The predicted molar refractivity (Wildman–Crippen MR) is 81.2 cm³/mol. The van der Waals surface area contributed by atoms with Crippen LogP contribution in [0.4, 0.5) is 0 Å². The molecule has 2 amide bonds. The van der Waals surface area contributed by atoms with Gasteiger partial charge in [-0.25, -0.2) is 0 Å². The molecular weight excluding hydrogens is 252 g/mol. The normalized spacial score (nSPS) is 30.4. The van der Waals surface area contributed by atoms with Crippen LogP contribution in [-0.4, -0.2) is 34.3 Å². The van der Waals surface area contributed by atoms with E-state index in [-0.39, 0.29) is 29.8 Å². The molecule has 0 saturated carbocycles. The van der Waals surface area contributed by atoms with Crippen LogP contribution in [0.1, 0.15) is 61.3 Å². The summed E-state index contributed by atoms with van der Waals surface area (Å²) in [6, 6.07) is -0.275. The number of carbonyl (C=O) groups is 2. The van der Waals surface area contributed by atoms with E-state index in [2.05, 4.69) is 26.1 Å². The standard InChI is InChI=1S/C16H30N2O2/c1-8-11(5)12(6)18-13(10(3)4)14(19)17-16(7,9-2)15(18)20/h10-13H,8-9H2,1-7H3,(H,17,19). The Kier molecular flexibility index (Phi) is 5.22. The Balaban J connectivity index is 3.21. The van der Waals surface area contributed by atoms with Crippen molar-refractivity contribution < 1.29 is 9.59 Å². The molecule has 0 aromatic heterocycles. The molecule has 0 bridgehead atoms. The highest BCUT2D eigenvalue weighted by Gasteiger charge is 2.49. The molecular formula is C16H30N2O2. The molecule has 1 aliphatic rings. The highest BCUT2D eigenvalue weighted by atomic mass is 16.2. The number of amides is 2. The van der Waals surface area contributed by atoms with Crippen LogP contribution < -0.4 is 5.32 Å². The van der Waals surface area contributed by atoms with Crippen LogP contribution in [0.3, 0.4) is 0 Å². The highest BCUT2D eigenvalue weighted by Crippen LogP contribution is 2.29. The number of hydrogen-bond donors (Lipinski definition) is 1. The minimum Gasteiger partial charge on any atom is -0.340 e. The Morgan fingerprint density at radius 3 is 2.15 bits per heavy atom. The topological polar surface area (TPSA) is 49.4 Å². The van der Waals surface area contributed by atoms with Crippen molar-refractivity contribution in [1.82, 2.24) is 10.2 Å². The lowest BCUT2D eigenvalue weighted by molar-refractivity contribution is -0.160. The second-order valence-electron chi connectivity index (χ2n) is 6.70. The van der Waals surface area contributed by atoms with Crippen molar-refractivity contribution in [1.29, 1.82) is 0 Å². The van der Waals surface area contributed by atoms with E-state index in [4.69, 9.17) is 0 Å². The molecule has 20 heavy (non-hydrogen) atoms. The van der Waals surface area contributed by atoms with E-state index < -0.39 is 5.54 Å². The van der Waals surface area contributed by atoms with Crippen LogP contribution in [0.15, 0.2) is 0 Å². The summed E-state index contributed by atoms with van der Waals surface area (Å²) in [6.45, 7) is 14.1. The Morgan fingerprint density at radius 2 is 1.75 bits per heavy atom. The third-order valence-electron chi connectivity index (χ3n) is 4.92. The average molecular weight is 282 g/mol. The quantitative estimate of drug-likeness (QED) is 0.842. The largest absolute Gasteiger partial charge is 0.340 e. The van der Waals surface area contributed by atoms with Gasteiger partial charge in [-0.2, -0.15) is 0 Å². The smallest absolute Gasteiger partial charge is 0.248 e. The van der Waals surface area contributed by atoms with Gasteiger partial charge in [-0.1, -0.05) is 41.0 Å². The fraction of sp³-hybridized carbons (Fsp3) is 0.875. The Morgan fingerprint density at radius 1 is 1.20 bits per heavy atom. The maximum Gasteiger partial charge on any atom is 0.248 e. The summed E-state index contributed by atoms with van der Waals surface area (Å²) in [5, 5.41) is 2.94. The number of nitrogens with zero attached hydrogens (tertiary/aromatic N) is 1. The fourth-order valence-corrected chi connectivity index (χ4v) is 2.85. The van der Waals surface area contributed by atoms with E-state index in [0.29, 0.717) is 12.3 Å². The molecule has 0 aromatic rings. The molecule has 4 heteroatoms. The molecule has 4 atom stereocenters. The first kappa shape index (κ1) is 17.0. The molecule has 1 rings (SSSR count). The minimum atomic E-state index is -0.760. The van der Waals surface area contributed by atoms with Crippen LogP contribution >= 0.6 is 0 Å². The summed E-state index contributed by atoms with van der Waals surface area (Å²) < 4.78 is 0. The first-order valence-corrected chi connectivity index (χ1v) is 7.84. The maximum atomic E-state index is 12.9. The van der Waals surface area contributed by atoms with Gasteiger partial charge in [0, 0.05) is 6.04 Å². The molecule has 4 unspecified atom stereocenters. The SMILES string of the molecule is CCC(C)C(C)N1C(=O)C(C)(CC)NC(=O)C1C(C)C. The monoisotopic (exact) mass is 282 g/mol. The van der Waals surface area contributed by atoms with Crippen molar-refractivity contribution >= 4 is 11.8 Å². The summed E-state index contributed by atoms with van der Waals surface area (Å²) in [5.41, 5.74) is -0.760. The molecule has 1 N–H and O–H groups in total. The molecule has 0 spiro atoms. The molecule has 4 nitrogen and oxygen atoms in total. The molecule has 1 aliphatic heterocycles.